The van der Waals surface area contributed by atoms with Crippen molar-refractivity contribution in [1.82, 2.24) is 14.8 Å². The van der Waals surface area contributed by atoms with Gasteiger partial charge in [-0.05, 0) is 41.7 Å². The summed E-state index contributed by atoms with van der Waals surface area (Å²) >= 11 is 0. The van der Waals surface area contributed by atoms with Crippen molar-refractivity contribution in [3.63, 3.8) is 0 Å². The fourth-order valence-electron chi connectivity index (χ4n) is 5.39. The number of ether oxygens (including phenoxy) is 1. The van der Waals surface area contributed by atoms with E-state index < -0.39 is 30.1 Å². The number of carboxylic acids is 1. The molecular weight excluding hydrogens is 458 g/mol. The molecule has 2 aromatic carbocycles. The van der Waals surface area contributed by atoms with Crippen LogP contribution in [-0.4, -0.2) is 62.5 Å². The molecule has 0 saturated carbocycles. The lowest BCUT2D eigenvalue weighted by Crippen LogP contribution is -2.65. The molecule has 2 saturated heterocycles. The van der Waals surface area contributed by atoms with Crippen molar-refractivity contribution in [3.05, 3.63) is 102 Å². The number of aromatic nitrogens is 1. The average molecular weight is 486 g/mol. The highest BCUT2D eigenvalue weighted by molar-refractivity contribution is 5.92. The number of piperazine rings is 1. The molecule has 184 valence electrons. The molecule has 8 heteroatoms. The number of benzene rings is 2. The van der Waals surface area contributed by atoms with Gasteiger partial charge in [-0.15, -0.1) is 0 Å². The summed E-state index contributed by atoms with van der Waals surface area (Å²) in [6.45, 7) is 0.217. The largest absolute Gasteiger partial charge is 0.480 e. The van der Waals surface area contributed by atoms with E-state index in [2.05, 4.69) is 4.98 Å². The first kappa shape index (κ1) is 23.5. The van der Waals surface area contributed by atoms with Crippen molar-refractivity contribution >= 4 is 18.0 Å². The lowest BCUT2D eigenvalue weighted by molar-refractivity contribution is -0.156. The van der Waals surface area contributed by atoms with Gasteiger partial charge in [-0.25, -0.2) is 9.59 Å². The fraction of sp³-hybridized carbons (Fsp3) is 0.286. The Balaban J connectivity index is 1.41. The second-order valence-corrected chi connectivity index (χ2v) is 9.14. The first-order valence-corrected chi connectivity index (χ1v) is 12.0. The van der Waals surface area contributed by atoms with E-state index in [0.29, 0.717) is 12.8 Å². The van der Waals surface area contributed by atoms with Gasteiger partial charge in [-0.1, -0.05) is 60.7 Å². The molecule has 0 aliphatic carbocycles. The number of carbonyl (C=O) groups excluding carboxylic acids is 2. The summed E-state index contributed by atoms with van der Waals surface area (Å²) < 4.78 is 5.52. The monoisotopic (exact) mass is 485 g/mol. The molecule has 2 amide bonds. The number of hydrogen-bond donors (Lipinski definition) is 1. The molecule has 0 radical (unpaired) electrons. The smallest absolute Gasteiger partial charge is 0.410 e. The molecular formula is C28H27N3O5. The molecule has 36 heavy (non-hydrogen) atoms. The average Bonchev–Trinajstić information content (AvgIpc) is 3.21. The van der Waals surface area contributed by atoms with Crippen LogP contribution in [0.1, 0.15) is 35.4 Å². The van der Waals surface area contributed by atoms with Crippen molar-refractivity contribution < 1.29 is 24.2 Å². The van der Waals surface area contributed by atoms with E-state index in [9.17, 15) is 19.5 Å². The Morgan fingerprint density at radius 2 is 1.53 bits per heavy atom. The Morgan fingerprint density at radius 1 is 0.917 bits per heavy atom. The zero-order valence-corrected chi connectivity index (χ0v) is 19.6. The summed E-state index contributed by atoms with van der Waals surface area (Å²) in [5.74, 6) is -2.04. The molecule has 0 spiro atoms. The van der Waals surface area contributed by atoms with Gasteiger partial charge in [0.2, 0.25) is 5.91 Å². The van der Waals surface area contributed by atoms with Crippen LogP contribution >= 0.6 is 0 Å². The lowest BCUT2D eigenvalue weighted by atomic mass is 9.88. The van der Waals surface area contributed by atoms with Crippen molar-refractivity contribution in [2.75, 3.05) is 6.54 Å². The van der Waals surface area contributed by atoms with Crippen LogP contribution in [0, 0.1) is 0 Å². The molecule has 3 heterocycles. The molecule has 8 nitrogen and oxygen atoms in total. The molecule has 2 aliphatic rings. The van der Waals surface area contributed by atoms with E-state index in [1.165, 1.54) is 9.80 Å². The number of hydrogen-bond acceptors (Lipinski definition) is 5. The molecule has 1 N–H and O–H groups in total. The van der Waals surface area contributed by atoms with E-state index in [1.807, 2.05) is 60.7 Å². The number of nitrogens with zero attached hydrogens (tertiary/aromatic N) is 3. The molecule has 3 aromatic rings. The highest BCUT2D eigenvalue weighted by atomic mass is 16.6. The fourth-order valence-corrected chi connectivity index (χ4v) is 5.39. The Kier molecular flexibility index (Phi) is 6.66. The molecule has 2 fully saturated rings. The number of rotatable bonds is 6. The predicted octanol–water partition coefficient (Wildman–Crippen LogP) is 3.68. The second-order valence-electron chi connectivity index (χ2n) is 9.14. The zero-order chi connectivity index (χ0) is 25.1. The molecule has 2 bridgehead atoms. The van der Waals surface area contributed by atoms with Crippen LogP contribution in [0.25, 0.3) is 0 Å². The minimum absolute atomic E-state index is 0.0712. The van der Waals surface area contributed by atoms with Crippen molar-refractivity contribution in [3.8, 4) is 0 Å². The molecule has 5 rings (SSSR count). The summed E-state index contributed by atoms with van der Waals surface area (Å²) in [7, 11) is 0. The Hall–Kier alpha value is -4.20. The highest BCUT2D eigenvalue weighted by Gasteiger charge is 2.54. The van der Waals surface area contributed by atoms with Crippen LogP contribution in [-0.2, 0) is 20.9 Å². The maximum absolute atomic E-state index is 14.0. The highest BCUT2D eigenvalue weighted by Crippen LogP contribution is 2.38. The minimum Gasteiger partial charge on any atom is -0.480 e. The minimum atomic E-state index is -1.15. The summed E-state index contributed by atoms with van der Waals surface area (Å²) in [6.07, 6.45) is 3.79. The van der Waals surface area contributed by atoms with E-state index in [0.717, 1.165) is 16.7 Å². The van der Waals surface area contributed by atoms with E-state index in [-0.39, 0.29) is 25.1 Å². The topological polar surface area (TPSA) is 100 Å². The third-order valence-corrected chi connectivity index (χ3v) is 7.03. The van der Waals surface area contributed by atoms with Crippen LogP contribution in [0.4, 0.5) is 4.79 Å². The standard InChI is InChI=1S/C28H27N3O5/c32-26(24(20-7-3-1-4-8-20)21-9-5-2-6-10-21)30-17-22-11-12-23(25(30)27(33)34)31(22)28(35)36-18-19-13-15-29-16-14-19/h1-10,13-16,22-25H,11-12,17-18H2,(H,33,34)/t22-,23+,25-/m0/s1. The van der Waals surface area contributed by atoms with Crippen LogP contribution < -0.4 is 0 Å². The van der Waals surface area contributed by atoms with Gasteiger partial charge in [-0.3, -0.25) is 14.7 Å². The Labute approximate surface area is 209 Å². The van der Waals surface area contributed by atoms with Gasteiger partial charge >= 0.3 is 12.1 Å². The van der Waals surface area contributed by atoms with Gasteiger partial charge < -0.3 is 14.7 Å². The first-order chi connectivity index (χ1) is 17.5. The zero-order valence-electron chi connectivity index (χ0n) is 19.6. The molecule has 0 unspecified atom stereocenters. The molecule has 1 aromatic heterocycles. The van der Waals surface area contributed by atoms with Gasteiger partial charge in [0.25, 0.3) is 0 Å². The van der Waals surface area contributed by atoms with Crippen LogP contribution in [0.2, 0.25) is 0 Å². The quantitative estimate of drug-likeness (QED) is 0.572. The summed E-state index contributed by atoms with van der Waals surface area (Å²) in [4.78, 5) is 46.6. The number of pyridine rings is 1. The third-order valence-electron chi connectivity index (χ3n) is 7.03. The summed E-state index contributed by atoms with van der Waals surface area (Å²) in [6, 6.07) is 20.2. The van der Waals surface area contributed by atoms with Crippen molar-refractivity contribution in [2.24, 2.45) is 0 Å². The number of aliphatic carboxylic acids is 1. The number of fused-ring (bicyclic) bond motifs is 2. The van der Waals surface area contributed by atoms with E-state index in [4.69, 9.17) is 4.74 Å². The van der Waals surface area contributed by atoms with Crippen LogP contribution in [0.5, 0.6) is 0 Å². The van der Waals surface area contributed by atoms with Gasteiger partial charge in [0.05, 0.1) is 18.0 Å². The van der Waals surface area contributed by atoms with E-state index >= 15 is 0 Å². The third kappa shape index (κ3) is 4.54. The summed E-state index contributed by atoms with van der Waals surface area (Å²) in [5, 5.41) is 10.2. The van der Waals surface area contributed by atoms with Crippen LogP contribution in [0.15, 0.2) is 85.2 Å². The number of carbonyl (C=O) groups is 3. The molecule has 2 aliphatic heterocycles. The maximum atomic E-state index is 14.0. The van der Waals surface area contributed by atoms with Crippen molar-refractivity contribution in [2.45, 2.75) is 43.5 Å². The molecule has 3 atom stereocenters. The SMILES string of the molecule is O=C(O)[C@@H]1[C@H]2CC[C@@H](CN1C(=O)C(c1ccccc1)c1ccccc1)N2C(=O)OCc1ccncc1. The Bertz CT molecular complexity index is 1180. The predicted molar refractivity (Wildman–Crippen MR) is 131 cm³/mol. The Morgan fingerprint density at radius 3 is 2.11 bits per heavy atom. The van der Waals surface area contributed by atoms with Crippen molar-refractivity contribution in [1.29, 1.82) is 0 Å². The van der Waals surface area contributed by atoms with Gasteiger partial charge in [0.1, 0.15) is 12.6 Å². The van der Waals surface area contributed by atoms with Gasteiger partial charge in [-0.2, -0.15) is 0 Å². The van der Waals surface area contributed by atoms with E-state index in [1.54, 1.807) is 24.5 Å². The first-order valence-electron chi connectivity index (χ1n) is 12.0. The van der Waals surface area contributed by atoms with Gasteiger partial charge in [0.15, 0.2) is 0 Å². The second kappa shape index (κ2) is 10.2. The summed E-state index contributed by atoms with van der Waals surface area (Å²) in [5.41, 5.74) is 2.39. The number of likely N-dealkylation sites (tertiary alicyclic amines) is 1. The number of carboxylic acid groups (broad SMARTS) is 1. The normalized spacial score (nSPS) is 20.9. The van der Waals surface area contributed by atoms with Gasteiger partial charge in [0, 0.05) is 18.9 Å². The number of amides is 2. The lowest BCUT2D eigenvalue weighted by Gasteiger charge is -2.45. The van der Waals surface area contributed by atoms with Crippen LogP contribution in [0.3, 0.4) is 0 Å². The maximum Gasteiger partial charge on any atom is 0.410 e.